The summed E-state index contributed by atoms with van der Waals surface area (Å²) in [6, 6.07) is 0. The number of likely N-dealkylation sites (N-methyl/N-ethyl adjacent to an activating group) is 2. The van der Waals surface area contributed by atoms with Gasteiger partial charge in [-0.1, -0.05) is 6.92 Å². The van der Waals surface area contributed by atoms with E-state index in [2.05, 4.69) is 0 Å². The molecule has 0 aromatic carbocycles. The quantitative estimate of drug-likeness (QED) is 0.193. The summed E-state index contributed by atoms with van der Waals surface area (Å²) in [4.78, 5) is 48.1. The van der Waals surface area contributed by atoms with Gasteiger partial charge in [0.2, 0.25) is 0 Å². The molecular weight excluding hydrogens is 408 g/mol. The summed E-state index contributed by atoms with van der Waals surface area (Å²) < 4.78 is 0.573. The molecular formula is C21H40N2O8+2. The van der Waals surface area contributed by atoms with Crippen LogP contribution in [0.2, 0.25) is 0 Å². The van der Waals surface area contributed by atoms with Crippen molar-refractivity contribution in [2.75, 3.05) is 55.4 Å². The maximum atomic E-state index is 12.6. The van der Waals surface area contributed by atoms with Gasteiger partial charge in [0.1, 0.15) is 42.9 Å². The van der Waals surface area contributed by atoms with Crippen LogP contribution in [-0.4, -0.2) is 120 Å². The van der Waals surface area contributed by atoms with Crippen LogP contribution >= 0.6 is 0 Å². The number of carboxylic acid groups (broad SMARTS) is 2. The summed E-state index contributed by atoms with van der Waals surface area (Å²) >= 11 is 0. The van der Waals surface area contributed by atoms with Crippen molar-refractivity contribution in [3.8, 4) is 0 Å². The van der Waals surface area contributed by atoms with Gasteiger partial charge in [-0.15, -0.1) is 0 Å². The topological polar surface area (TPSA) is 149 Å². The summed E-state index contributed by atoms with van der Waals surface area (Å²) in [6.07, 6.45) is -2.50. The lowest BCUT2D eigenvalue weighted by atomic mass is 9.85. The monoisotopic (exact) mass is 448 g/mol. The van der Waals surface area contributed by atoms with Crippen LogP contribution in [0, 0.1) is 17.8 Å². The third-order valence-electron chi connectivity index (χ3n) is 4.97. The number of carbonyl (C=O) groups is 4. The van der Waals surface area contributed by atoms with E-state index in [1.807, 2.05) is 0 Å². The van der Waals surface area contributed by atoms with Crippen molar-refractivity contribution in [3.63, 3.8) is 0 Å². The van der Waals surface area contributed by atoms with Gasteiger partial charge in [0, 0.05) is 12.3 Å². The van der Waals surface area contributed by atoms with E-state index < -0.39 is 53.5 Å². The van der Waals surface area contributed by atoms with Gasteiger partial charge in [-0.3, -0.25) is 19.2 Å². The molecule has 0 heterocycles. The summed E-state index contributed by atoms with van der Waals surface area (Å²) in [5.74, 6) is -7.90. The van der Waals surface area contributed by atoms with Crippen LogP contribution in [0.5, 0.6) is 0 Å². The molecule has 0 rings (SSSR count). The molecule has 0 aliphatic rings. The number of rotatable bonds is 15. The van der Waals surface area contributed by atoms with Crippen molar-refractivity contribution in [1.29, 1.82) is 0 Å². The molecule has 0 radical (unpaired) electrons. The summed E-state index contributed by atoms with van der Waals surface area (Å²) in [7, 11) is 10.6. The molecule has 10 nitrogen and oxygen atoms in total. The highest BCUT2D eigenvalue weighted by molar-refractivity contribution is 6.00. The Morgan fingerprint density at radius 2 is 1.13 bits per heavy atom. The van der Waals surface area contributed by atoms with Gasteiger partial charge in [0.05, 0.1) is 42.3 Å². The predicted octanol–water partition coefficient (Wildman–Crippen LogP) is -0.533. The molecule has 0 bridgehead atoms. The van der Waals surface area contributed by atoms with E-state index in [0.717, 1.165) is 0 Å². The average Bonchev–Trinajstić information content (AvgIpc) is 2.50. The maximum absolute atomic E-state index is 12.6. The summed E-state index contributed by atoms with van der Waals surface area (Å²) in [6.45, 7) is 1.70. The highest BCUT2D eigenvalue weighted by Gasteiger charge is 2.39. The first kappa shape index (κ1) is 29.1. The second kappa shape index (κ2) is 11.7. The van der Waals surface area contributed by atoms with Gasteiger partial charge in [0.25, 0.3) is 0 Å². The number of hydrogen-bond acceptors (Lipinski definition) is 6. The van der Waals surface area contributed by atoms with Gasteiger partial charge < -0.3 is 29.4 Å². The molecule has 31 heavy (non-hydrogen) atoms. The Morgan fingerprint density at radius 3 is 1.48 bits per heavy atom. The van der Waals surface area contributed by atoms with Gasteiger partial charge in [0.15, 0.2) is 5.78 Å². The Hall–Kier alpha value is -1.88. The summed E-state index contributed by atoms with van der Waals surface area (Å²) in [5.41, 5.74) is 0. The number of hydrogen-bond donors (Lipinski definition) is 4. The minimum Gasteiger partial charge on any atom is -0.481 e. The zero-order valence-electron chi connectivity index (χ0n) is 19.7. The molecule has 0 amide bonds. The van der Waals surface area contributed by atoms with Crippen molar-refractivity contribution < 1.29 is 48.6 Å². The highest BCUT2D eigenvalue weighted by atomic mass is 16.4. The second-order valence-electron chi connectivity index (χ2n) is 10.4. The lowest BCUT2D eigenvalue weighted by Gasteiger charge is -2.29. The lowest BCUT2D eigenvalue weighted by Crippen LogP contribution is -2.49. The zero-order chi connectivity index (χ0) is 24.7. The van der Waals surface area contributed by atoms with Crippen LogP contribution in [0.4, 0.5) is 0 Å². The van der Waals surface area contributed by atoms with E-state index >= 15 is 0 Å². The predicted molar refractivity (Wildman–Crippen MR) is 113 cm³/mol. The molecule has 5 atom stereocenters. The Kier molecular flexibility index (Phi) is 11.0. The minimum absolute atomic E-state index is 0.0817. The van der Waals surface area contributed by atoms with Gasteiger partial charge in [-0.25, -0.2) is 0 Å². The first-order valence-electron chi connectivity index (χ1n) is 10.4. The molecule has 0 fully saturated rings. The standard InChI is InChI=1S/C21H38N2O8/c1-13(19(27)18(21(30)31)16(26)12-23(5,6)7)9-8-10-14(24)17(20(28)29)15(25)11-22(2,3)4/h13,15-18,25-26H,8-12H2,1-7H3/p+2. The van der Waals surface area contributed by atoms with Crippen molar-refractivity contribution in [2.24, 2.45) is 17.8 Å². The molecule has 0 aromatic rings. The van der Waals surface area contributed by atoms with Crippen molar-refractivity contribution in [3.05, 3.63) is 0 Å². The van der Waals surface area contributed by atoms with Gasteiger partial charge >= 0.3 is 11.9 Å². The van der Waals surface area contributed by atoms with E-state index in [0.29, 0.717) is 0 Å². The van der Waals surface area contributed by atoms with Crippen molar-refractivity contribution >= 4 is 23.5 Å². The fourth-order valence-electron chi connectivity index (χ4n) is 3.51. The first-order chi connectivity index (χ1) is 13.9. The van der Waals surface area contributed by atoms with Crippen LogP contribution in [0.25, 0.3) is 0 Å². The van der Waals surface area contributed by atoms with Crippen molar-refractivity contribution in [2.45, 2.75) is 38.4 Å². The third kappa shape index (κ3) is 10.8. The molecule has 4 N–H and O–H groups in total. The van der Waals surface area contributed by atoms with Crippen LogP contribution in [-0.2, 0) is 19.2 Å². The molecule has 5 unspecified atom stereocenters. The van der Waals surface area contributed by atoms with Gasteiger partial charge in [-0.2, -0.15) is 0 Å². The lowest BCUT2D eigenvalue weighted by molar-refractivity contribution is -0.873. The number of Topliss-reactive ketones (excluding diaryl/α,β-unsaturated/α-hetero) is 2. The van der Waals surface area contributed by atoms with Gasteiger partial charge in [-0.05, 0) is 12.8 Å². The number of aliphatic hydroxyl groups is 2. The fraction of sp³-hybridized carbons (Fsp3) is 0.810. The molecule has 0 saturated heterocycles. The van der Waals surface area contributed by atoms with Crippen molar-refractivity contribution in [1.82, 2.24) is 0 Å². The third-order valence-corrected chi connectivity index (χ3v) is 4.97. The number of nitrogens with zero attached hydrogens (tertiary/aromatic N) is 2. The Labute approximate surface area is 184 Å². The number of carbonyl (C=O) groups excluding carboxylic acids is 2. The average molecular weight is 449 g/mol. The number of carboxylic acids is 2. The molecule has 0 aromatic heterocycles. The Balaban J connectivity index is 5.00. The smallest absolute Gasteiger partial charge is 0.316 e. The molecule has 10 heteroatoms. The SMILES string of the molecule is CC(CCCC(=O)C(C(=O)O)C(O)C[N+](C)(C)C)C(=O)C(C(=O)O)C(O)C[N+](C)(C)C. The highest BCUT2D eigenvalue weighted by Crippen LogP contribution is 2.20. The number of aliphatic carboxylic acids is 2. The molecule has 180 valence electrons. The largest absolute Gasteiger partial charge is 0.481 e. The van der Waals surface area contributed by atoms with E-state index in [4.69, 9.17) is 0 Å². The Morgan fingerprint density at radius 1 is 0.742 bits per heavy atom. The van der Waals surface area contributed by atoms with E-state index in [1.165, 1.54) is 6.92 Å². The van der Waals surface area contributed by atoms with E-state index in [1.54, 1.807) is 42.3 Å². The van der Waals surface area contributed by atoms with E-state index in [9.17, 15) is 39.6 Å². The normalized spacial score (nSPS) is 17.3. The minimum atomic E-state index is -1.57. The zero-order valence-corrected chi connectivity index (χ0v) is 19.7. The maximum Gasteiger partial charge on any atom is 0.316 e. The summed E-state index contributed by atoms with van der Waals surface area (Å²) in [5, 5.41) is 39.3. The molecule has 0 spiro atoms. The number of aliphatic hydroxyl groups excluding tert-OH is 2. The Bertz CT molecular complexity index is 651. The molecule has 0 saturated carbocycles. The van der Waals surface area contributed by atoms with Crippen LogP contribution in [0.1, 0.15) is 26.2 Å². The van der Waals surface area contributed by atoms with Crippen LogP contribution < -0.4 is 0 Å². The fourth-order valence-corrected chi connectivity index (χ4v) is 3.51. The number of ketones is 2. The molecule has 0 aliphatic heterocycles. The van der Waals surface area contributed by atoms with E-state index in [-0.39, 0.29) is 41.3 Å². The van der Waals surface area contributed by atoms with Crippen LogP contribution in [0.15, 0.2) is 0 Å². The molecule has 0 aliphatic carbocycles. The first-order valence-corrected chi connectivity index (χ1v) is 10.4. The number of quaternary nitrogens is 2. The van der Waals surface area contributed by atoms with Crippen LogP contribution in [0.3, 0.4) is 0 Å². The second-order valence-corrected chi connectivity index (χ2v) is 10.4.